The summed E-state index contributed by atoms with van der Waals surface area (Å²) in [4.78, 5) is 36.4. The standard InChI is InChI=1S/C25H26N4O5/c1-15-22(24(31)33-3)29(2)28-23(15)27-21(30)12-13-26-25(32)34-14-20-18-10-6-4-8-16(18)17-9-5-7-11-19(17)20/h4-11,20H,12-14H2,1-3H3,(H,26,32)(H,27,28,30). The van der Waals surface area contributed by atoms with E-state index >= 15 is 0 Å². The number of aromatic nitrogens is 2. The number of rotatable bonds is 7. The minimum Gasteiger partial charge on any atom is -0.464 e. The van der Waals surface area contributed by atoms with Crippen molar-refractivity contribution in [1.82, 2.24) is 15.1 Å². The number of hydrogen-bond acceptors (Lipinski definition) is 6. The summed E-state index contributed by atoms with van der Waals surface area (Å²) in [6.07, 6.45) is -0.565. The first-order valence-corrected chi connectivity index (χ1v) is 10.9. The van der Waals surface area contributed by atoms with Gasteiger partial charge in [-0.15, -0.1) is 0 Å². The average molecular weight is 463 g/mol. The molecule has 3 aromatic rings. The van der Waals surface area contributed by atoms with Crippen LogP contribution in [0.15, 0.2) is 48.5 Å². The molecule has 0 radical (unpaired) electrons. The largest absolute Gasteiger partial charge is 0.464 e. The van der Waals surface area contributed by atoms with E-state index in [1.807, 2.05) is 24.3 Å². The van der Waals surface area contributed by atoms with Crippen molar-refractivity contribution in [2.75, 3.05) is 25.6 Å². The number of hydrogen-bond donors (Lipinski definition) is 2. The van der Waals surface area contributed by atoms with Crippen molar-refractivity contribution < 1.29 is 23.9 Å². The molecule has 0 fully saturated rings. The Morgan fingerprint density at radius 3 is 2.26 bits per heavy atom. The predicted molar refractivity (Wildman–Crippen MR) is 126 cm³/mol. The summed E-state index contributed by atoms with van der Waals surface area (Å²) in [5.41, 5.74) is 5.34. The highest BCUT2D eigenvalue weighted by Crippen LogP contribution is 2.44. The van der Waals surface area contributed by atoms with Crippen LogP contribution < -0.4 is 10.6 Å². The zero-order valence-corrected chi connectivity index (χ0v) is 19.3. The first kappa shape index (κ1) is 23.0. The Morgan fingerprint density at radius 2 is 1.65 bits per heavy atom. The molecule has 0 atom stereocenters. The molecule has 0 unspecified atom stereocenters. The molecule has 0 bridgehead atoms. The maximum atomic E-state index is 12.3. The van der Waals surface area contributed by atoms with Crippen LogP contribution in [-0.2, 0) is 21.3 Å². The van der Waals surface area contributed by atoms with Gasteiger partial charge < -0.3 is 20.1 Å². The van der Waals surface area contributed by atoms with E-state index in [9.17, 15) is 14.4 Å². The molecule has 1 aliphatic carbocycles. The quantitative estimate of drug-likeness (QED) is 0.521. The summed E-state index contributed by atoms with van der Waals surface area (Å²) in [6.45, 7) is 1.97. The molecule has 4 rings (SSSR count). The second kappa shape index (κ2) is 9.78. The topological polar surface area (TPSA) is 112 Å². The van der Waals surface area contributed by atoms with E-state index in [0.29, 0.717) is 5.56 Å². The molecule has 0 saturated heterocycles. The fourth-order valence-electron chi connectivity index (χ4n) is 4.25. The Balaban J connectivity index is 1.27. The van der Waals surface area contributed by atoms with Crippen LogP contribution in [0.3, 0.4) is 0 Å². The minimum absolute atomic E-state index is 0.0216. The number of carbonyl (C=O) groups excluding carboxylic acids is 3. The molecule has 0 spiro atoms. The van der Waals surface area contributed by atoms with E-state index in [4.69, 9.17) is 9.47 Å². The highest BCUT2D eigenvalue weighted by molar-refractivity contribution is 5.95. The van der Waals surface area contributed by atoms with Gasteiger partial charge in [0.15, 0.2) is 11.5 Å². The summed E-state index contributed by atoms with van der Waals surface area (Å²) in [7, 11) is 2.87. The Bertz CT molecular complexity index is 1200. The van der Waals surface area contributed by atoms with Crippen molar-refractivity contribution in [3.63, 3.8) is 0 Å². The summed E-state index contributed by atoms with van der Waals surface area (Å²) in [5, 5.41) is 9.40. The van der Waals surface area contributed by atoms with Crippen LogP contribution in [0, 0.1) is 6.92 Å². The van der Waals surface area contributed by atoms with E-state index in [-0.39, 0.29) is 42.9 Å². The van der Waals surface area contributed by atoms with Crippen molar-refractivity contribution >= 4 is 23.8 Å². The maximum absolute atomic E-state index is 12.3. The number of nitrogens with one attached hydrogen (secondary N) is 2. The van der Waals surface area contributed by atoms with Crippen LogP contribution in [0.4, 0.5) is 10.6 Å². The SMILES string of the molecule is COC(=O)c1c(C)c(NC(=O)CCNC(=O)OCC2c3ccccc3-c3ccccc32)nn1C. The second-order valence-electron chi connectivity index (χ2n) is 7.99. The van der Waals surface area contributed by atoms with E-state index in [1.165, 1.54) is 11.8 Å². The van der Waals surface area contributed by atoms with E-state index < -0.39 is 12.1 Å². The number of methoxy groups -OCH3 is 1. The number of anilines is 1. The molecular weight excluding hydrogens is 436 g/mol. The monoisotopic (exact) mass is 462 g/mol. The zero-order chi connectivity index (χ0) is 24.2. The summed E-state index contributed by atoms with van der Waals surface area (Å²) in [6, 6.07) is 16.2. The number of nitrogens with zero attached hydrogens (tertiary/aromatic N) is 2. The lowest BCUT2D eigenvalue weighted by Gasteiger charge is -2.14. The zero-order valence-electron chi connectivity index (χ0n) is 19.3. The second-order valence-corrected chi connectivity index (χ2v) is 7.99. The lowest BCUT2D eigenvalue weighted by Crippen LogP contribution is -2.29. The van der Waals surface area contributed by atoms with Gasteiger partial charge in [-0.05, 0) is 29.2 Å². The third-order valence-electron chi connectivity index (χ3n) is 5.89. The number of aryl methyl sites for hydroxylation is 1. The summed E-state index contributed by atoms with van der Waals surface area (Å²) >= 11 is 0. The van der Waals surface area contributed by atoms with Gasteiger partial charge in [-0.2, -0.15) is 5.10 Å². The number of carbonyl (C=O) groups is 3. The fourth-order valence-corrected chi connectivity index (χ4v) is 4.25. The Kier molecular flexibility index (Phi) is 6.62. The number of fused-ring (bicyclic) bond motifs is 3. The smallest absolute Gasteiger partial charge is 0.407 e. The third kappa shape index (κ3) is 4.50. The first-order chi connectivity index (χ1) is 16.4. The molecule has 34 heavy (non-hydrogen) atoms. The highest BCUT2D eigenvalue weighted by Gasteiger charge is 2.29. The molecule has 2 aromatic carbocycles. The third-order valence-corrected chi connectivity index (χ3v) is 5.89. The van der Waals surface area contributed by atoms with Crippen LogP contribution in [0.1, 0.15) is 39.5 Å². The highest BCUT2D eigenvalue weighted by atomic mass is 16.5. The van der Waals surface area contributed by atoms with Gasteiger partial charge in [0, 0.05) is 31.5 Å². The molecule has 0 aliphatic heterocycles. The van der Waals surface area contributed by atoms with E-state index in [2.05, 4.69) is 40.0 Å². The van der Waals surface area contributed by atoms with Gasteiger partial charge in [0.1, 0.15) is 6.61 Å². The summed E-state index contributed by atoms with van der Waals surface area (Å²) < 4.78 is 11.6. The first-order valence-electron chi connectivity index (χ1n) is 10.9. The minimum atomic E-state index is -0.586. The molecule has 1 aliphatic rings. The predicted octanol–water partition coefficient (Wildman–Crippen LogP) is 3.38. The number of alkyl carbamates (subject to hydrolysis) is 1. The van der Waals surface area contributed by atoms with Crippen molar-refractivity contribution in [2.45, 2.75) is 19.3 Å². The maximum Gasteiger partial charge on any atom is 0.407 e. The number of benzene rings is 2. The Hall–Kier alpha value is -4.14. The van der Waals surface area contributed by atoms with Crippen molar-refractivity contribution in [3.8, 4) is 11.1 Å². The van der Waals surface area contributed by atoms with Crippen molar-refractivity contribution in [2.24, 2.45) is 7.05 Å². The molecule has 0 saturated carbocycles. The van der Waals surface area contributed by atoms with Crippen LogP contribution in [0.5, 0.6) is 0 Å². The Labute approximate surface area is 197 Å². The van der Waals surface area contributed by atoms with Gasteiger partial charge in [-0.3, -0.25) is 9.48 Å². The molecule has 1 heterocycles. The van der Waals surface area contributed by atoms with E-state index in [1.54, 1.807) is 14.0 Å². The van der Waals surface area contributed by atoms with Gasteiger partial charge in [-0.25, -0.2) is 9.59 Å². The number of esters is 1. The van der Waals surface area contributed by atoms with Gasteiger partial charge in [0.2, 0.25) is 5.91 Å². The lowest BCUT2D eigenvalue weighted by molar-refractivity contribution is -0.116. The average Bonchev–Trinajstić information content (AvgIpc) is 3.30. The fraction of sp³-hybridized carbons (Fsp3) is 0.280. The Morgan fingerprint density at radius 1 is 1.03 bits per heavy atom. The van der Waals surface area contributed by atoms with Crippen LogP contribution in [0.25, 0.3) is 11.1 Å². The lowest BCUT2D eigenvalue weighted by atomic mass is 9.98. The van der Waals surface area contributed by atoms with Gasteiger partial charge >= 0.3 is 12.1 Å². The molecule has 2 amide bonds. The van der Waals surface area contributed by atoms with Gasteiger partial charge in [-0.1, -0.05) is 48.5 Å². The normalized spacial score (nSPS) is 12.0. The van der Waals surface area contributed by atoms with Crippen LogP contribution in [-0.4, -0.2) is 48.0 Å². The number of ether oxygens (including phenoxy) is 2. The molecular formula is C25H26N4O5. The van der Waals surface area contributed by atoms with Crippen molar-refractivity contribution in [1.29, 1.82) is 0 Å². The number of amides is 2. The van der Waals surface area contributed by atoms with Gasteiger partial charge in [0.25, 0.3) is 0 Å². The summed E-state index contributed by atoms with van der Waals surface area (Å²) in [5.74, 6) is -0.645. The molecule has 9 heteroatoms. The van der Waals surface area contributed by atoms with Crippen LogP contribution in [0.2, 0.25) is 0 Å². The van der Waals surface area contributed by atoms with Crippen molar-refractivity contribution in [3.05, 3.63) is 70.9 Å². The molecule has 9 nitrogen and oxygen atoms in total. The molecule has 176 valence electrons. The van der Waals surface area contributed by atoms with Gasteiger partial charge in [0.05, 0.1) is 7.11 Å². The van der Waals surface area contributed by atoms with E-state index in [0.717, 1.165) is 22.3 Å². The van der Waals surface area contributed by atoms with Crippen LogP contribution >= 0.6 is 0 Å². The molecule has 1 aromatic heterocycles. The molecule has 2 N–H and O–H groups in total.